The van der Waals surface area contributed by atoms with Gasteiger partial charge in [0.05, 0.1) is 0 Å². The van der Waals surface area contributed by atoms with E-state index < -0.39 is 13.0 Å². The SMILES string of the molecule is O=C1C[C@H](CNCc2ccc(OCC(F)F)cc2)CN1C1CC1. The molecule has 2 fully saturated rings. The molecule has 1 saturated heterocycles. The Morgan fingerprint density at radius 2 is 2.00 bits per heavy atom. The van der Waals surface area contributed by atoms with Crippen LogP contribution in [0.2, 0.25) is 0 Å². The molecule has 6 heteroatoms. The molecule has 0 spiro atoms. The van der Waals surface area contributed by atoms with E-state index in [1.807, 2.05) is 17.0 Å². The molecule has 1 aromatic carbocycles. The minimum absolute atomic E-state index is 0.292. The van der Waals surface area contributed by atoms with Crippen LogP contribution in [0.1, 0.15) is 24.8 Å². The van der Waals surface area contributed by atoms with Gasteiger partial charge in [0.15, 0.2) is 0 Å². The van der Waals surface area contributed by atoms with Crippen LogP contribution in [0.15, 0.2) is 24.3 Å². The van der Waals surface area contributed by atoms with Gasteiger partial charge >= 0.3 is 0 Å². The molecule has 23 heavy (non-hydrogen) atoms. The molecule has 3 rings (SSSR count). The van der Waals surface area contributed by atoms with Crippen LogP contribution in [0.5, 0.6) is 5.75 Å². The summed E-state index contributed by atoms with van der Waals surface area (Å²) in [5.74, 6) is 1.13. The zero-order chi connectivity index (χ0) is 16.2. The molecule has 0 aromatic heterocycles. The van der Waals surface area contributed by atoms with Crippen molar-refractivity contribution >= 4 is 5.91 Å². The Morgan fingerprint density at radius 1 is 1.26 bits per heavy atom. The summed E-state index contributed by atoms with van der Waals surface area (Å²) in [7, 11) is 0. The van der Waals surface area contributed by atoms with Gasteiger partial charge < -0.3 is 15.0 Å². The number of nitrogens with zero attached hydrogens (tertiary/aromatic N) is 1. The van der Waals surface area contributed by atoms with E-state index in [0.29, 0.717) is 36.6 Å². The Bertz CT molecular complexity index is 532. The number of amides is 1. The molecule has 1 aliphatic carbocycles. The third kappa shape index (κ3) is 4.64. The molecule has 0 radical (unpaired) electrons. The van der Waals surface area contributed by atoms with E-state index in [0.717, 1.165) is 31.5 Å². The Morgan fingerprint density at radius 3 is 2.65 bits per heavy atom. The summed E-state index contributed by atoms with van der Waals surface area (Å²) < 4.78 is 29.1. The van der Waals surface area contributed by atoms with E-state index in [-0.39, 0.29) is 0 Å². The van der Waals surface area contributed by atoms with Gasteiger partial charge in [-0.25, -0.2) is 8.78 Å². The lowest BCUT2D eigenvalue weighted by Gasteiger charge is -2.15. The van der Waals surface area contributed by atoms with E-state index in [9.17, 15) is 13.6 Å². The van der Waals surface area contributed by atoms with E-state index in [2.05, 4.69) is 5.32 Å². The Labute approximate surface area is 134 Å². The third-order valence-electron chi connectivity index (χ3n) is 4.29. The van der Waals surface area contributed by atoms with Crippen molar-refractivity contribution in [2.24, 2.45) is 5.92 Å². The fraction of sp³-hybridized carbons (Fsp3) is 0.588. The van der Waals surface area contributed by atoms with E-state index >= 15 is 0 Å². The normalized spacial score (nSPS) is 21.3. The second-order valence-corrected chi connectivity index (χ2v) is 6.32. The molecule has 0 unspecified atom stereocenters. The van der Waals surface area contributed by atoms with E-state index in [1.54, 1.807) is 12.1 Å². The maximum Gasteiger partial charge on any atom is 0.272 e. The monoisotopic (exact) mass is 324 g/mol. The molecule has 126 valence electrons. The number of carbonyl (C=O) groups excluding carboxylic acids is 1. The van der Waals surface area contributed by atoms with E-state index in [1.165, 1.54) is 0 Å². The summed E-state index contributed by atoms with van der Waals surface area (Å²) in [6.07, 6.45) is 0.502. The minimum atomic E-state index is -2.46. The number of hydrogen-bond donors (Lipinski definition) is 1. The highest BCUT2D eigenvalue weighted by Gasteiger charge is 2.38. The van der Waals surface area contributed by atoms with Crippen LogP contribution in [0.4, 0.5) is 8.78 Å². The molecule has 1 N–H and O–H groups in total. The van der Waals surface area contributed by atoms with Gasteiger partial charge in [0.25, 0.3) is 6.43 Å². The van der Waals surface area contributed by atoms with Gasteiger partial charge in [0, 0.05) is 32.1 Å². The molecule has 0 bridgehead atoms. The number of benzene rings is 1. The van der Waals surface area contributed by atoms with Crippen molar-refractivity contribution in [3.63, 3.8) is 0 Å². The lowest BCUT2D eigenvalue weighted by Crippen LogP contribution is -2.29. The molecule has 1 atom stereocenters. The fourth-order valence-corrected chi connectivity index (χ4v) is 2.97. The molecule has 1 amide bonds. The van der Waals surface area contributed by atoms with Crippen molar-refractivity contribution in [1.82, 2.24) is 10.2 Å². The first-order chi connectivity index (χ1) is 11.1. The summed E-state index contributed by atoms with van der Waals surface area (Å²) in [6, 6.07) is 7.64. The number of ether oxygens (including phenoxy) is 1. The van der Waals surface area contributed by atoms with Crippen molar-refractivity contribution in [2.75, 3.05) is 19.7 Å². The van der Waals surface area contributed by atoms with Crippen LogP contribution >= 0.6 is 0 Å². The third-order valence-corrected chi connectivity index (χ3v) is 4.29. The molecule has 2 aliphatic rings. The molecule has 1 heterocycles. The predicted molar refractivity (Wildman–Crippen MR) is 82.5 cm³/mol. The van der Waals surface area contributed by atoms with E-state index in [4.69, 9.17) is 4.74 Å². The largest absolute Gasteiger partial charge is 0.488 e. The van der Waals surface area contributed by atoms with Crippen LogP contribution in [0.3, 0.4) is 0 Å². The van der Waals surface area contributed by atoms with Crippen molar-refractivity contribution in [3.05, 3.63) is 29.8 Å². The average molecular weight is 324 g/mol. The average Bonchev–Trinajstić information content (AvgIpc) is 3.30. The van der Waals surface area contributed by atoms with Crippen molar-refractivity contribution in [2.45, 2.75) is 38.3 Å². The van der Waals surface area contributed by atoms with Gasteiger partial charge in [0.1, 0.15) is 12.4 Å². The van der Waals surface area contributed by atoms with Crippen LogP contribution < -0.4 is 10.1 Å². The Kier molecular flexibility index (Phi) is 5.10. The standard InChI is InChI=1S/C17H22F2N2O2/c18-16(19)11-23-15-5-1-12(2-6-15)8-20-9-13-7-17(22)21(10-13)14-3-4-14/h1-2,5-6,13-14,16,20H,3-4,7-11H2/t13-/m1/s1. The predicted octanol–water partition coefficient (Wildman–Crippen LogP) is 2.43. The van der Waals surface area contributed by atoms with Gasteiger partial charge in [-0.1, -0.05) is 12.1 Å². The number of halogens is 2. The lowest BCUT2D eigenvalue weighted by molar-refractivity contribution is -0.128. The first-order valence-corrected chi connectivity index (χ1v) is 8.12. The van der Waals surface area contributed by atoms with Gasteiger partial charge in [0.2, 0.25) is 5.91 Å². The molecular formula is C17H22F2N2O2. The number of carbonyl (C=O) groups is 1. The lowest BCUT2D eigenvalue weighted by atomic mass is 10.1. The molecule has 1 saturated carbocycles. The fourth-order valence-electron chi connectivity index (χ4n) is 2.97. The van der Waals surface area contributed by atoms with Gasteiger partial charge in [-0.2, -0.15) is 0 Å². The maximum atomic E-state index is 12.1. The quantitative estimate of drug-likeness (QED) is 0.798. The summed E-state index contributed by atoms with van der Waals surface area (Å²) in [6.45, 7) is 1.81. The highest BCUT2D eigenvalue weighted by molar-refractivity contribution is 5.79. The zero-order valence-electron chi connectivity index (χ0n) is 13.0. The van der Waals surface area contributed by atoms with Gasteiger partial charge in [-0.15, -0.1) is 0 Å². The zero-order valence-corrected chi connectivity index (χ0v) is 13.0. The van der Waals surface area contributed by atoms with Crippen LogP contribution in [-0.2, 0) is 11.3 Å². The first kappa shape index (κ1) is 16.2. The summed E-state index contributed by atoms with van der Waals surface area (Å²) in [5, 5.41) is 3.37. The Hall–Kier alpha value is -1.69. The second kappa shape index (κ2) is 7.25. The van der Waals surface area contributed by atoms with Crippen molar-refractivity contribution in [1.29, 1.82) is 0 Å². The van der Waals surface area contributed by atoms with Crippen molar-refractivity contribution < 1.29 is 18.3 Å². The van der Waals surface area contributed by atoms with Crippen LogP contribution in [0, 0.1) is 5.92 Å². The minimum Gasteiger partial charge on any atom is -0.488 e. The summed E-state index contributed by atoms with van der Waals surface area (Å²) in [5.41, 5.74) is 1.07. The highest BCUT2D eigenvalue weighted by atomic mass is 19.3. The van der Waals surface area contributed by atoms with Crippen LogP contribution in [-0.4, -0.2) is 43.0 Å². The number of hydrogen-bond acceptors (Lipinski definition) is 3. The highest BCUT2D eigenvalue weighted by Crippen LogP contribution is 2.32. The van der Waals surface area contributed by atoms with Crippen LogP contribution in [0.25, 0.3) is 0 Å². The van der Waals surface area contributed by atoms with Crippen molar-refractivity contribution in [3.8, 4) is 5.75 Å². The molecular weight excluding hydrogens is 302 g/mol. The maximum absolute atomic E-state index is 12.1. The number of rotatable bonds is 8. The van der Waals surface area contributed by atoms with Gasteiger partial charge in [-0.3, -0.25) is 4.79 Å². The first-order valence-electron chi connectivity index (χ1n) is 8.12. The van der Waals surface area contributed by atoms with Gasteiger partial charge in [-0.05, 0) is 36.5 Å². The number of likely N-dealkylation sites (tertiary alicyclic amines) is 1. The summed E-state index contributed by atoms with van der Waals surface area (Å²) >= 11 is 0. The number of alkyl halides is 2. The topological polar surface area (TPSA) is 41.6 Å². The summed E-state index contributed by atoms with van der Waals surface area (Å²) in [4.78, 5) is 13.9. The molecule has 1 aromatic rings. The second-order valence-electron chi connectivity index (χ2n) is 6.32. The Balaban J connectivity index is 1.38. The molecule has 1 aliphatic heterocycles. The smallest absolute Gasteiger partial charge is 0.272 e. The number of nitrogens with one attached hydrogen (secondary N) is 1. The molecule has 4 nitrogen and oxygen atoms in total.